The molecule has 0 radical (unpaired) electrons. The highest BCUT2D eigenvalue weighted by atomic mass is 19.1. The predicted molar refractivity (Wildman–Crippen MR) is 102 cm³/mol. The van der Waals surface area contributed by atoms with Gasteiger partial charge in [0.1, 0.15) is 12.4 Å². The molecule has 0 atom stereocenters. The van der Waals surface area contributed by atoms with Crippen LogP contribution in [0.5, 0.6) is 0 Å². The Balaban J connectivity index is 1.52. The molecule has 1 heterocycles. The summed E-state index contributed by atoms with van der Waals surface area (Å²) in [6.45, 7) is -1.23. The molecule has 1 aliphatic heterocycles. The number of carbonyl (C=O) groups is 5. The number of amides is 6. The van der Waals surface area contributed by atoms with Crippen LogP contribution in [0.3, 0.4) is 0 Å². The summed E-state index contributed by atoms with van der Waals surface area (Å²) in [5, 5.41) is 4.71. The van der Waals surface area contributed by atoms with E-state index >= 15 is 0 Å². The number of carbonyl (C=O) groups excluding carboxylic acids is 5. The Morgan fingerprint density at radius 1 is 0.833 bits per heavy atom. The minimum absolute atomic E-state index is 0.0948. The lowest BCUT2D eigenvalue weighted by Gasteiger charge is -2.15. The molecule has 9 nitrogen and oxygen atoms in total. The summed E-state index contributed by atoms with van der Waals surface area (Å²) in [5.74, 6) is -3.97. The molecule has 3 rings (SSSR count). The average molecular weight is 412 g/mol. The second kappa shape index (κ2) is 8.95. The van der Waals surface area contributed by atoms with Crippen molar-refractivity contribution in [2.75, 3.05) is 18.4 Å². The summed E-state index contributed by atoms with van der Waals surface area (Å²) in [4.78, 5) is 61.7. The van der Waals surface area contributed by atoms with Gasteiger partial charge in [-0.15, -0.1) is 0 Å². The number of anilines is 1. The van der Waals surface area contributed by atoms with Crippen LogP contribution in [0, 0.1) is 5.82 Å². The van der Waals surface area contributed by atoms with Crippen molar-refractivity contribution in [1.29, 1.82) is 0 Å². The fraction of sp³-hybridized carbons (Fsp3) is 0.150. The molecule has 10 heteroatoms. The molecule has 2 aromatic carbocycles. The van der Waals surface area contributed by atoms with E-state index in [0.717, 1.165) is 17.0 Å². The molecule has 2 N–H and O–H groups in total. The van der Waals surface area contributed by atoms with Gasteiger partial charge in [0, 0.05) is 5.69 Å². The molecule has 30 heavy (non-hydrogen) atoms. The number of halogens is 1. The van der Waals surface area contributed by atoms with Gasteiger partial charge in [-0.1, -0.05) is 30.3 Å². The van der Waals surface area contributed by atoms with Crippen molar-refractivity contribution in [3.63, 3.8) is 0 Å². The van der Waals surface area contributed by atoms with Crippen LogP contribution in [0.25, 0.3) is 0 Å². The molecule has 0 spiro atoms. The number of hydrogen-bond acceptors (Lipinski definition) is 5. The zero-order chi connectivity index (χ0) is 21.7. The van der Waals surface area contributed by atoms with Gasteiger partial charge >= 0.3 is 17.8 Å². The Bertz CT molecular complexity index is 994. The van der Waals surface area contributed by atoms with E-state index < -0.39 is 48.6 Å². The zero-order valence-corrected chi connectivity index (χ0v) is 15.6. The van der Waals surface area contributed by atoms with Gasteiger partial charge in [-0.2, -0.15) is 0 Å². The van der Waals surface area contributed by atoms with Crippen LogP contribution in [0.1, 0.15) is 5.56 Å². The normalized spacial score (nSPS) is 13.6. The summed E-state index contributed by atoms with van der Waals surface area (Å²) >= 11 is 0. The van der Waals surface area contributed by atoms with E-state index in [1.807, 2.05) is 0 Å². The molecule has 0 unspecified atom stereocenters. The predicted octanol–water partition coefficient (Wildman–Crippen LogP) is 0.871. The minimum atomic E-state index is -1.11. The van der Waals surface area contributed by atoms with Gasteiger partial charge in [0.15, 0.2) is 0 Å². The van der Waals surface area contributed by atoms with E-state index in [-0.39, 0.29) is 6.54 Å². The summed E-state index contributed by atoms with van der Waals surface area (Å²) in [6.07, 6.45) is 0. The molecular weight excluding hydrogens is 395 g/mol. The number of nitrogens with one attached hydrogen (secondary N) is 2. The highest BCUT2D eigenvalue weighted by Gasteiger charge is 2.45. The maximum atomic E-state index is 12.9. The smallest absolute Gasteiger partial charge is 0.335 e. The Labute approximate surface area is 170 Å². The maximum absolute atomic E-state index is 12.9. The zero-order valence-electron chi connectivity index (χ0n) is 15.6. The largest absolute Gasteiger partial charge is 0.345 e. The van der Waals surface area contributed by atoms with Gasteiger partial charge in [0.25, 0.3) is 0 Å². The van der Waals surface area contributed by atoms with Crippen LogP contribution in [-0.2, 0) is 25.7 Å². The van der Waals surface area contributed by atoms with Gasteiger partial charge in [0.05, 0.1) is 13.1 Å². The number of imide groups is 2. The van der Waals surface area contributed by atoms with Crippen molar-refractivity contribution >= 4 is 35.3 Å². The van der Waals surface area contributed by atoms with Crippen molar-refractivity contribution in [3.05, 3.63) is 66.0 Å². The van der Waals surface area contributed by atoms with Crippen molar-refractivity contribution in [2.45, 2.75) is 6.54 Å². The van der Waals surface area contributed by atoms with E-state index in [2.05, 4.69) is 10.6 Å². The summed E-state index contributed by atoms with van der Waals surface area (Å²) < 4.78 is 12.9. The van der Waals surface area contributed by atoms with Crippen LogP contribution in [-0.4, -0.2) is 52.5 Å². The van der Waals surface area contributed by atoms with Crippen LogP contribution >= 0.6 is 0 Å². The first-order valence-electron chi connectivity index (χ1n) is 8.88. The van der Waals surface area contributed by atoms with E-state index in [1.54, 1.807) is 30.3 Å². The highest BCUT2D eigenvalue weighted by Crippen LogP contribution is 2.15. The first kappa shape index (κ1) is 20.6. The Kier molecular flexibility index (Phi) is 6.16. The summed E-state index contributed by atoms with van der Waals surface area (Å²) in [6, 6.07) is 12.7. The third kappa shape index (κ3) is 4.85. The first-order chi connectivity index (χ1) is 14.3. The van der Waals surface area contributed by atoms with Gasteiger partial charge in [-0.3, -0.25) is 24.1 Å². The first-order valence-corrected chi connectivity index (χ1v) is 8.88. The molecule has 1 fully saturated rings. The number of hydrogen-bond donors (Lipinski definition) is 2. The van der Waals surface area contributed by atoms with Crippen LogP contribution < -0.4 is 10.6 Å². The lowest BCUT2D eigenvalue weighted by molar-refractivity contribution is -0.144. The molecule has 0 aliphatic carbocycles. The van der Waals surface area contributed by atoms with Crippen molar-refractivity contribution in [2.24, 2.45) is 0 Å². The monoisotopic (exact) mass is 412 g/mol. The standard InChI is InChI=1S/C20H17FN4O5/c21-14-6-8-15(9-7-14)23-16(26)10-22-17(27)12-25-19(29)18(28)24(20(25)30)11-13-4-2-1-3-5-13/h1-9H,10-12H2,(H,22,27)(H,23,26). The molecule has 6 amide bonds. The van der Waals surface area contributed by atoms with E-state index in [0.29, 0.717) is 16.2 Å². The van der Waals surface area contributed by atoms with Crippen molar-refractivity contribution < 1.29 is 28.4 Å². The van der Waals surface area contributed by atoms with Crippen LogP contribution in [0.15, 0.2) is 54.6 Å². The van der Waals surface area contributed by atoms with Crippen molar-refractivity contribution in [1.82, 2.24) is 15.1 Å². The van der Waals surface area contributed by atoms with Crippen LogP contribution in [0.2, 0.25) is 0 Å². The Morgan fingerprint density at radius 3 is 2.13 bits per heavy atom. The highest BCUT2D eigenvalue weighted by molar-refractivity contribution is 6.44. The van der Waals surface area contributed by atoms with Gasteiger partial charge in [-0.25, -0.2) is 14.1 Å². The number of nitrogens with zero attached hydrogens (tertiary/aromatic N) is 2. The lowest BCUT2D eigenvalue weighted by atomic mass is 10.2. The molecule has 0 bridgehead atoms. The van der Waals surface area contributed by atoms with Crippen LogP contribution in [0.4, 0.5) is 14.9 Å². The SMILES string of the molecule is O=C(CN1C(=O)C(=O)N(Cc2ccccc2)C1=O)NCC(=O)Nc1ccc(F)cc1. The Hall–Kier alpha value is -4.08. The van der Waals surface area contributed by atoms with E-state index in [9.17, 15) is 28.4 Å². The number of rotatable bonds is 7. The molecule has 0 saturated carbocycles. The topological polar surface area (TPSA) is 116 Å². The quantitative estimate of drug-likeness (QED) is 0.517. The minimum Gasteiger partial charge on any atom is -0.345 e. The molecular formula is C20H17FN4O5. The number of urea groups is 1. The fourth-order valence-corrected chi connectivity index (χ4v) is 2.71. The van der Waals surface area contributed by atoms with E-state index in [1.165, 1.54) is 12.1 Å². The number of benzene rings is 2. The summed E-state index contributed by atoms with van der Waals surface area (Å²) in [7, 11) is 0. The second-order valence-electron chi connectivity index (χ2n) is 6.38. The summed E-state index contributed by atoms with van der Waals surface area (Å²) in [5.41, 5.74) is 0.985. The molecule has 0 aromatic heterocycles. The second-order valence-corrected chi connectivity index (χ2v) is 6.38. The molecule has 1 saturated heterocycles. The van der Waals surface area contributed by atoms with Gasteiger partial charge in [-0.05, 0) is 29.8 Å². The van der Waals surface area contributed by atoms with E-state index in [4.69, 9.17) is 0 Å². The van der Waals surface area contributed by atoms with Gasteiger partial charge < -0.3 is 10.6 Å². The third-order valence-electron chi connectivity index (χ3n) is 4.19. The maximum Gasteiger partial charge on any atom is 0.335 e. The fourth-order valence-electron chi connectivity index (χ4n) is 2.71. The Morgan fingerprint density at radius 2 is 1.47 bits per heavy atom. The molecule has 1 aliphatic rings. The average Bonchev–Trinajstić information content (AvgIpc) is 2.93. The third-order valence-corrected chi connectivity index (χ3v) is 4.19. The van der Waals surface area contributed by atoms with Gasteiger partial charge in [0.2, 0.25) is 11.8 Å². The van der Waals surface area contributed by atoms with Crippen molar-refractivity contribution in [3.8, 4) is 0 Å². The lowest BCUT2D eigenvalue weighted by Crippen LogP contribution is -2.43. The molecule has 154 valence electrons. The molecule has 2 aromatic rings.